The third-order valence-corrected chi connectivity index (χ3v) is 2.24. The Bertz CT molecular complexity index is 181. The third kappa shape index (κ3) is 3.64. The summed E-state index contributed by atoms with van der Waals surface area (Å²) < 4.78 is 10.1. The number of esters is 1. The van der Waals surface area contributed by atoms with Crippen molar-refractivity contribution in [1.29, 1.82) is 0 Å². The summed E-state index contributed by atoms with van der Waals surface area (Å²) in [5, 5.41) is 11.1. The Balaban J connectivity index is 2.22. The van der Waals surface area contributed by atoms with Crippen molar-refractivity contribution in [3.05, 3.63) is 0 Å². The third-order valence-electron chi connectivity index (χ3n) is 2.24. The van der Waals surface area contributed by atoms with Crippen LogP contribution in [0.3, 0.4) is 0 Å². The highest BCUT2D eigenvalue weighted by atomic mass is 16.6. The second-order valence-electron chi connectivity index (χ2n) is 3.53. The number of rotatable bonds is 4. The van der Waals surface area contributed by atoms with E-state index < -0.39 is 12.2 Å². The van der Waals surface area contributed by atoms with Crippen LogP contribution in [0.4, 0.5) is 0 Å². The summed E-state index contributed by atoms with van der Waals surface area (Å²) in [4.78, 5) is 11.3. The average molecular weight is 201 g/mol. The topological polar surface area (TPSA) is 55.4 Å². The quantitative estimate of drug-likeness (QED) is 0.509. The van der Waals surface area contributed by atoms with Crippen LogP contribution in [0, 0.1) is 0 Å². The van der Waals surface area contributed by atoms with Crippen LogP contribution in [0.1, 0.15) is 32.6 Å². The highest BCUT2D eigenvalue weighted by Crippen LogP contribution is 2.15. The highest BCUT2D eigenvalue weighted by molar-refractivity contribution is 5.74. The van der Waals surface area contributed by atoms with Crippen molar-refractivity contribution in [3.8, 4) is 0 Å². The lowest BCUT2D eigenvalue weighted by Crippen LogP contribution is -2.35. The number of hydrogen-bond donors (Lipinski definition) is 0. The molecule has 0 amide bonds. The first-order valence-electron chi connectivity index (χ1n) is 5.18. The van der Waals surface area contributed by atoms with Crippen molar-refractivity contribution in [3.63, 3.8) is 0 Å². The van der Waals surface area contributed by atoms with Crippen LogP contribution in [0.5, 0.6) is 0 Å². The van der Waals surface area contributed by atoms with E-state index in [0.29, 0.717) is 19.6 Å². The molecule has 0 aromatic carbocycles. The number of ether oxygens (including phenoxy) is 2. The van der Waals surface area contributed by atoms with Gasteiger partial charge in [0.2, 0.25) is 0 Å². The van der Waals surface area contributed by atoms with E-state index in [0.717, 1.165) is 12.8 Å². The molecule has 1 rings (SSSR count). The molecule has 1 aliphatic rings. The van der Waals surface area contributed by atoms with Gasteiger partial charge >= 0.3 is 5.97 Å². The minimum Gasteiger partial charge on any atom is -0.464 e. The van der Waals surface area contributed by atoms with E-state index in [1.807, 2.05) is 6.92 Å². The maximum Gasteiger partial charge on any atom is 0.335 e. The lowest BCUT2D eigenvalue weighted by molar-refractivity contribution is -0.166. The van der Waals surface area contributed by atoms with Crippen molar-refractivity contribution < 1.29 is 19.4 Å². The standard InChI is InChI=1S/C10H17O4/c1-2-3-5-14-10(12)9-7-8(11)4-6-13-9/h8-9H,2-7H2,1H3. The Morgan fingerprint density at radius 3 is 3.00 bits per heavy atom. The van der Waals surface area contributed by atoms with Crippen LogP contribution in [0.25, 0.3) is 0 Å². The Labute approximate surface area is 84.2 Å². The zero-order valence-electron chi connectivity index (χ0n) is 8.53. The molecule has 4 heteroatoms. The fourth-order valence-corrected chi connectivity index (χ4v) is 1.34. The predicted octanol–water partition coefficient (Wildman–Crippen LogP) is 1.31. The summed E-state index contributed by atoms with van der Waals surface area (Å²) in [6.45, 7) is 2.83. The molecule has 1 heterocycles. The molecule has 0 aliphatic carbocycles. The van der Waals surface area contributed by atoms with Gasteiger partial charge in [0.1, 0.15) is 0 Å². The Kier molecular flexibility index (Phi) is 4.90. The largest absolute Gasteiger partial charge is 0.464 e. The van der Waals surface area contributed by atoms with E-state index >= 15 is 0 Å². The van der Waals surface area contributed by atoms with E-state index in [1.54, 1.807) is 0 Å². The van der Waals surface area contributed by atoms with Gasteiger partial charge < -0.3 is 9.47 Å². The molecule has 0 aromatic heterocycles. The maximum absolute atomic E-state index is 11.3. The fourth-order valence-electron chi connectivity index (χ4n) is 1.34. The first-order chi connectivity index (χ1) is 6.74. The van der Waals surface area contributed by atoms with Crippen molar-refractivity contribution in [2.45, 2.75) is 44.8 Å². The molecular weight excluding hydrogens is 184 g/mol. The monoisotopic (exact) mass is 201 g/mol. The van der Waals surface area contributed by atoms with Gasteiger partial charge in [0.25, 0.3) is 0 Å². The van der Waals surface area contributed by atoms with Gasteiger partial charge in [-0.15, -0.1) is 0 Å². The number of carbonyl (C=O) groups excluding carboxylic acids is 1. The zero-order valence-corrected chi connectivity index (χ0v) is 8.53. The summed E-state index contributed by atoms with van der Waals surface area (Å²) in [5.74, 6) is -0.376. The number of carbonyl (C=O) groups is 1. The molecule has 14 heavy (non-hydrogen) atoms. The Morgan fingerprint density at radius 2 is 2.36 bits per heavy atom. The van der Waals surface area contributed by atoms with Crippen LogP contribution in [0.15, 0.2) is 0 Å². The van der Waals surface area contributed by atoms with Gasteiger partial charge in [0.05, 0.1) is 19.3 Å². The van der Waals surface area contributed by atoms with Crippen molar-refractivity contribution >= 4 is 5.97 Å². The number of unbranched alkanes of at least 4 members (excludes halogenated alkanes) is 1. The highest BCUT2D eigenvalue weighted by Gasteiger charge is 2.28. The lowest BCUT2D eigenvalue weighted by atomic mass is 10.1. The number of hydrogen-bond acceptors (Lipinski definition) is 3. The second-order valence-corrected chi connectivity index (χ2v) is 3.53. The van der Waals surface area contributed by atoms with Crippen LogP contribution in [-0.4, -0.2) is 31.4 Å². The van der Waals surface area contributed by atoms with Gasteiger partial charge in [-0.25, -0.2) is 9.90 Å². The summed E-state index contributed by atoms with van der Waals surface area (Å²) in [7, 11) is 0. The summed E-state index contributed by atoms with van der Waals surface area (Å²) >= 11 is 0. The van der Waals surface area contributed by atoms with Crippen molar-refractivity contribution in [2.75, 3.05) is 13.2 Å². The smallest absolute Gasteiger partial charge is 0.335 e. The van der Waals surface area contributed by atoms with E-state index in [-0.39, 0.29) is 12.4 Å². The van der Waals surface area contributed by atoms with E-state index in [1.165, 1.54) is 0 Å². The van der Waals surface area contributed by atoms with Crippen LogP contribution < -0.4 is 0 Å². The summed E-state index contributed by atoms with van der Waals surface area (Å²) in [5.41, 5.74) is 0. The van der Waals surface area contributed by atoms with Crippen LogP contribution >= 0.6 is 0 Å². The molecule has 0 spiro atoms. The van der Waals surface area contributed by atoms with E-state index in [4.69, 9.17) is 9.47 Å². The molecule has 0 N–H and O–H groups in total. The van der Waals surface area contributed by atoms with Gasteiger partial charge in [0, 0.05) is 12.8 Å². The summed E-state index contributed by atoms with van der Waals surface area (Å²) in [6.07, 6.45) is 1.31. The molecule has 2 unspecified atom stereocenters. The molecule has 4 nitrogen and oxygen atoms in total. The normalized spacial score (nSPS) is 27.3. The SMILES string of the molecule is CCCCOC(=O)C1CC([O])CCO1. The molecule has 0 aromatic rings. The molecule has 0 saturated carbocycles. The summed E-state index contributed by atoms with van der Waals surface area (Å²) in [6, 6.07) is 0. The van der Waals surface area contributed by atoms with Gasteiger partial charge in [-0.2, -0.15) is 0 Å². The Hall–Kier alpha value is -0.610. The minimum atomic E-state index is -0.674. The lowest BCUT2D eigenvalue weighted by Gasteiger charge is -2.23. The first kappa shape index (κ1) is 11.5. The van der Waals surface area contributed by atoms with Crippen molar-refractivity contribution in [1.82, 2.24) is 0 Å². The van der Waals surface area contributed by atoms with Gasteiger partial charge in [-0.05, 0) is 6.42 Å². The molecule has 2 atom stereocenters. The predicted molar refractivity (Wildman–Crippen MR) is 49.3 cm³/mol. The van der Waals surface area contributed by atoms with Crippen LogP contribution in [-0.2, 0) is 19.4 Å². The molecule has 0 bridgehead atoms. The maximum atomic E-state index is 11.3. The second kappa shape index (κ2) is 5.98. The zero-order chi connectivity index (χ0) is 10.4. The first-order valence-corrected chi connectivity index (χ1v) is 5.18. The average Bonchev–Trinajstić information content (AvgIpc) is 2.18. The minimum absolute atomic E-state index is 0.255. The van der Waals surface area contributed by atoms with E-state index in [9.17, 15) is 9.90 Å². The molecular formula is C10H17O4. The molecule has 1 saturated heterocycles. The molecule has 81 valence electrons. The van der Waals surface area contributed by atoms with Gasteiger partial charge in [-0.3, -0.25) is 0 Å². The Morgan fingerprint density at radius 1 is 1.57 bits per heavy atom. The molecule has 1 fully saturated rings. The van der Waals surface area contributed by atoms with Gasteiger partial charge in [0.15, 0.2) is 6.10 Å². The van der Waals surface area contributed by atoms with E-state index in [2.05, 4.69) is 0 Å². The van der Waals surface area contributed by atoms with Crippen molar-refractivity contribution in [2.24, 2.45) is 0 Å². The fraction of sp³-hybridized carbons (Fsp3) is 0.900. The van der Waals surface area contributed by atoms with Crippen LogP contribution in [0.2, 0.25) is 0 Å². The molecule has 1 radical (unpaired) electrons. The van der Waals surface area contributed by atoms with Gasteiger partial charge in [-0.1, -0.05) is 13.3 Å². The molecule has 1 aliphatic heterocycles.